The molecular weight excluding hydrogens is 324 g/mol. The van der Waals surface area contributed by atoms with Crippen LogP contribution in [0, 0.1) is 5.92 Å². The number of hydrogen-bond donors (Lipinski definition) is 1. The summed E-state index contributed by atoms with van der Waals surface area (Å²) in [7, 11) is 0. The van der Waals surface area contributed by atoms with Gasteiger partial charge in [0.2, 0.25) is 0 Å². The van der Waals surface area contributed by atoms with Crippen LogP contribution in [0.25, 0.3) is 0 Å². The van der Waals surface area contributed by atoms with Crippen LogP contribution >= 0.6 is 0 Å². The van der Waals surface area contributed by atoms with Crippen LogP contribution in [-0.4, -0.2) is 12.5 Å². The van der Waals surface area contributed by atoms with Crippen molar-refractivity contribution in [2.75, 3.05) is 0 Å². The molecule has 134 valence electrons. The monoisotopic (exact) mass is 347 g/mol. The zero-order chi connectivity index (χ0) is 18.4. The van der Waals surface area contributed by atoms with Gasteiger partial charge in [0.15, 0.2) is 0 Å². The van der Waals surface area contributed by atoms with Gasteiger partial charge in [0.1, 0.15) is 5.75 Å². The van der Waals surface area contributed by atoms with Gasteiger partial charge in [0.05, 0.1) is 6.04 Å². The fraction of sp³-hybridized carbons (Fsp3) is 0.350. The summed E-state index contributed by atoms with van der Waals surface area (Å²) < 4.78 is 28.5. The molecule has 2 rings (SSSR count). The Hall–Kier alpha value is -2.43. The van der Waals surface area contributed by atoms with Gasteiger partial charge in [0, 0.05) is 5.56 Å². The molecule has 0 aromatic heterocycles. The normalized spacial score (nSPS) is 12.3. The van der Waals surface area contributed by atoms with Crippen LogP contribution < -0.4 is 10.1 Å². The second kappa shape index (κ2) is 8.60. The minimum atomic E-state index is -2.88. The van der Waals surface area contributed by atoms with Crippen molar-refractivity contribution >= 4 is 5.91 Å². The van der Waals surface area contributed by atoms with E-state index in [4.69, 9.17) is 0 Å². The zero-order valence-electron chi connectivity index (χ0n) is 14.6. The molecule has 0 saturated heterocycles. The van der Waals surface area contributed by atoms with Crippen LogP contribution in [0.3, 0.4) is 0 Å². The van der Waals surface area contributed by atoms with Crippen molar-refractivity contribution in [3.8, 4) is 5.75 Å². The van der Waals surface area contributed by atoms with Crippen LogP contribution in [0.2, 0.25) is 0 Å². The predicted molar refractivity (Wildman–Crippen MR) is 93.9 cm³/mol. The fourth-order valence-electron chi connectivity index (χ4n) is 2.56. The van der Waals surface area contributed by atoms with E-state index in [1.54, 1.807) is 0 Å². The maximum absolute atomic E-state index is 12.3. The lowest BCUT2D eigenvalue weighted by Gasteiger charge is -2.15. The average Bonchev–Trinajstić information content (AvgIpc) is 2.55. The molecule has 0 aliphatic carbocycles. The van der Waals surface area contributed by atoms with Crippen LogP contribution in [0.5, 0.6) is 5.75 Å². The third kappa shape index (κ3) is 5.85. The number of hydrogen-bond acceptors (Lipinski definition) is 2. The van der Waals surface area contributed by atoms with Gasteiger partial charge in [0.25, 0.3) is 5.91 Å². The van der Waals surface area contributed by atoms with E-state index in [0.29, 0.717) is 11.5 Å². The summed E-state index contributed by atoms with van der Waals surface area (Å²) in [4.78, 5) is 12.3. The molecule has 1 atom stereocenters. The van der Waals surface area contributed by atoms with Gasteiger partial charge in [-0.3, -0.25) is 4.79 Å². The summed E-state index contributed by atoms with van der Waals surface area (Å²) in [6.07, 6.45) is 1.02. The smallest absolute Gasteiger partial charge is 0.387 e. The van der Waals surface area contributed by atoms with Gasteiger partial charge in [-0.1, -0.05) is 38.1 Å². The van der Waals surface area contributed by atoms with Crippen molar-refractivity contribution in [2.24, 2.45) is 5.92 Å². The lowest BCUT2D eigenvalue weighted by Crippen LogP contribution is -2.26. The maximum atomic E-state index is 12.3. The molecule has 0 fully saturated rings. The molecule has 0 saturated carbocycles. The molecule has 25 heavy (non-hydrogen) atoms. The highest BCUT2D eigenvalue weighted by Crippen LogP contribution is 2.18. The number of amides is 1. The molecule has 5 heteroatoms. The van der Waals surface area contributed by atoms with Crippen molar-refractivity contribution in [3.63, 3.8) is 0 Å². The number of carbonyl (C=O) groups is 1. The first-order chi connectivity index (χ1) is 11.8. The van der Waals surface area contributed by atoms with Crippen molar-refractivity contribution in [3.05, 3.63) is 65.2 Å². The molecule has 0 radical (unpaired) electrons. The van der Waals surface area contributed by atoms with Gasteiger partial charge in [-0.2, -0.15) is 8.78 Å². The van der Waals surface area contributed by atoms with Crippen molar-refractivity contribution in [1.82, 2.24) is 5.32 Å². The molecular formula is C20H23F2NO2. The molecule has 2 aromatic rings. The SMILES string of the molecule is CC(C)Cc1ccc([C@@H](C)NC(=O)c2ccc(OC(F)F)cc2)cc1. The molecule has 0 aliphatic rings. The number of ether oxygens (including phenoxy) is 1. The Kier molecular flexibility index (Phi) is 6.51. The molecule has 0 bridgehead atoms. The Morgan fingerprint density at radius 3 is 2.12 bits per heavy atom. The first kappa shape index (κ1) is 18.9. The van der Waals surface area contributed by atoms with Crippen LogP contribution in [0.1, 0.15) is 48.3 Å². The quantitative estimate of drug-likeness (QED) is 0.767. The van der Waals surface area contributed by atoms with E-state index in [1.165, 1.54) is 29.8 Å². The van der Waals surface area contributed by atoms with Gasteiger partial charge >= 0.3 is 6.61 Å². The van der Waals surface area contributed by atoms with Crippen LogP contribution in [0.15, 0.2) is 48.5 Å². The van der Waals surface area contributed by atoms with E-state index >= 15 is 0 Å². The van der Waals surface area contributed by atoms with Gasteiger partial charge < -0.3 is 10.1 Å². The van der Waals surface area contributed by atoms with Gasteiger partial charge in [-0.05, 0) is 54.7 Å². The number of halogens is 2. The molecule has 1 amide bonds. The summed E-state index contributed by atoms with van der Waals surface area (Å²) in [6, 6.07) is 13.7. The Balaban J connectivity index is 1.97. The molecule has 0 unspecified atom stereocenters. The van der Waals surface area contributed by atoms with E-state index < -0.39 is 6.61 Å². The Morgan fingerprint density at radius 1 is 1.00 bits per heavy atom. The van der Waals surface area contributed by atoms with E-state index in [1.807, 2.05) is 19.1 Å². The lowest BCUT2D eigenvalue weighted by molar-refractivity contribution is -0.0498. The molecule has 0 heterocycles. The highest BCUT2D eigenvalue weighted by Gasteiger charge is 2.12. The lowest BCUT2D eigenvalue weighted by atomic mass is 10.00. The van der Waals surface area contributed by atoms with E-state index in [2.05, 4.69) is 36.0 Å². The number of rotatable bonds is 7. The number of carbonyl (C=O) groups excluding carboxylic acids is 1. The third-order valence-electron chi connectivity index (χ3n) is 3.81. The predicted octanol–water partition coefficient (Wildman–Crippen LogP) is 4.98. The minimum Gasteiger partial charge on any atom is -0.435 e. The molecule has 0 spiro atoms. The summed E-state index contributed by atoms with van der Waals surface area (Å²) in [6.45, 7) is 3.38. The van der Waals surface area contributed by atoms with Crippen molar-refractivity contribution in [2.45, 2.75) is 39.8 Å². The summed E-state index contributed by atoms with van der Waals surface area (Å²) >= 11 is 0. The molecule has 2 aromatic carbocycles. The number of alkyl halides is 2. The number of benzene rings is 2. The summed E-state index contributed by atoms with van der Waals surface area (Å²) in [5.74, 6) is 0.364. The van der Waals surface area contributed by atoms with E-state index in [9.17, 15) is 13.6 Å². The average molecular weight is 347 g/mol. The summed E-state index contributed by atoms with van der Waals surface area (Å²) in [5.41, 5.74) is 2.68. The Labute approximate surface area is 147 Å². The summed E-state index contributed by atoms with van der Waals surface area (Å²) in [5, 5.41) is 2.91. The Bertz CT molecular complexity index is 682. The Morgan fingerprint density at radius 2 is 1.60 bits per heavy atom. The largest absolute Gasteiger partial charge is 0.435 e. The van der Waals surface area contributed by atoms with E-state index in [0.717, 1.165) is 12.0 Å². The van der Waals surface area contributed by atoms with Crippen molar-refractivity contribution in [1.29, 1.82) is 0 Å². The minimum absolute atomic E-state index is 0.0281. The van der Waals surface area contributed by atoms with Gasteiger partial charge in [-0.15, -0.1) is 0 Å². The topological polar surface area (TPSA) is 38.3 Å². The molecule has 3 nitrogen and oxygen atoms in total. The van der Waals surface area contributed by atoms with Crippen LogP contribution in [0.4, 0.5) is 8.78 Å². The standard InChI is InChI=1S/C20H23F2NO2/c1-13(2)12-15-4-6-16(7-5-15)14(3)23-19(24)17-8-10-18(11-9-17)25-20(21)22/h4-11,13-14,20H,12H2,1-3H3,(H,23,24)/t14-/m1/s1. The highest BCUT2D eigenvalue weighted by atomic mass is 19.3. The molecule has 1 N–H and O–H groups in total. The second-order valence-corrected chi connectivity index (χ2v) is 6.44. The van der Waals surface area contributed by atoms with Crippen molar-refractivity contribution < 1.29 is 18.3 Å². The van der Waals surface area contributed by atoms with Crippen LogP contribution in [-0.2, 0) is 6.42 Å². The number of nitrogens with one attached hydrogen (secondary N) is 1. The second-order valence-electron chi connectivity index (χ2n) is 6.44. The fourth-order valence-corrected chi connectivity index (χ4v) is 2.56. The first-order valence-electron chi connectivity index (χ1n) is 8.29. The zero-order valence-corrected chi connectivity index (χ0v) is 14.6. The van der Waals surface area contributed by atoms with Gasteiger partial charge in [-0.25, -0.2) is 0 Å². The maximum Gasteiger partial charge on any atom is 0.387 e. The first-order valence-corrected chi connectivity index (χ1v) is 8.29. The molecule has 0 aliphatic heterocycles. The highest BCUT2D eigenvalue weighted by molar-refractivity contribution is 5.94. The van der Waals surface area contributed by atoms with E-state index in [-0.39, 0.29) is 17.7 Å². The third-order valence-corrected chi connectivity index (χ3v) is 3.81.